The summed E-state index contributed by atoms with van der Waals surface area (Å²) in [6.07, 6.45) is -0.729. The van der Waals surface area contributed by atoms with E-state index >= 15 is 0 Å². The van der Waals surface area contributed by atoms with Crippen LogP contribution in [-0.2, 0) is 30.4 Å². The number of rotatable bonds is 6. The van der Waals surface area contributed by atoms with E-state index < -0.39 is 36.1 Å². The van der Waals surface area contributed by atoms with Gasteiger partial charge in [-0.25, -0.2) is 4.79 Å². The van der Waals surface area contributed by atoms with Gasteiger partial charge in [0.15, 0.2) is 5.92 Å². The van der Waals surface area contributed by atoms with E-state index in [9.17, 15) is 14.4 Å². The SMILES string of the molecule is COC(=O)C(COC(=O)NC(C)(C)C)C(=O)OCc1ccccc1. The van der Waals surface area contributed by atoms with Gasteiger partial charge in [0.1, 0.15) is 13.2 Å². The lowest BCUT2D eigenvalue weighted by atomic mass is 10.1. The van der Waals surface area contributed by atoms with Crippen LogP contribution < -0.4 is 5.32 Å². The number of esters is 2. The second-order valence-corrected chi connectivity index (χ2v) is 6.14. The third-order valence-corrected chi connectivity index (χ3v) is 2.85. The molecule has 132 valence electrons. The molecule has 0 saturated heterocycles. The largest absolute Gasteiger partial charge is 0.468 e. The first kappa shape index (κ1) is 19.5. The van der Waals surface area contributed by atoms with Crippen LogP contribution in [0.2, 0.25) is 0 Å². The van der Waals surface area contributed by atoms with Crippen molar-refractivity contribution in [3.05, 3.63) is 35.9 Å². The van der Waals surface area contributed by atoms with Crippen molar-refractivity contribution in [3.63, 3.8) is 0 Å². The Hall–Kier alpha value is -2.57. The Balaban J connectivity index is 2.59. The van der Waals surface area contributed by atoms with Crippen molar-refractivity contribution in [2.75, 3.05) is 13.7 Å². The normalized spacial score (nSPS) is 12.0. The van der Waals surface area contributed by atoms with Gasteiger partial charge in [-0.15, -0.1) is 0 Å². The van der Waals surface area contributed by atoms with E-state index in [-0.39, 0.29) is 6.61 Å². The fraction of sp³-hybridized carbons (Fsp3) is 0.471. The number of amides is 1. The van der Waals surface area contributed by atoms with E-state index in [2.05, 4.69) is 10.1 Å². The second-order valence-electron chi connectivity index (χ2n) is 6.14. The molecule has 1 aromatic carbocycles. The van der Waals surface area contributed by atoms with E-state index in [1.807, 2.05) is 6.07 Å². The number of ether oxygens (including phenoxy) is 3. The first-order chi connectivity index (χ1) is 11.2. The number of carbonyl (C=O) groups excluding carboxylic acids is 3. The van der Waals surface area contributed by atoms with E-state index in [4.69, 9.17) is 9.47 Å². The minimum absolute atomic E-state index is 0.0152. The van der Waals surface area contributed by atoms with E-state index in [1.54, 1.807) is 45.0 Å². The van der Waals surface area contributed by atoms with Crippen LogP contribution in [0.4, 0.5) is 4.79 Å². The fourth-order valence-corrected chi connectivity index (χ4v) is 1.71. The molecule has 0 spiro atoms. The molecule has 0 aromatic heterocycles. The first-order valence-electron chi connectivity index (χ1n) is 7.46. The van der Waals surface area contributed by atoms with Crippen LogP contribution in [0.3, 0.4) is 0 Å². The molecular formula is C17H23NO6. The molecule has 1 aromatic rings. The highest BCUT2D eigenvalue weighted by molar-refractivity contribution is 5.95. The zero-order valence-corrected chi connectivity index (χ0v) is 14.3. The van der Waals surface area contributed by atoms with Crippen LogP contribution in [0, 0.1) is 5.92 Å². The maximum atomic E-state index is 12.1. The summed E-state index contributed by atoms with van der Waals surface area (Å²) >= 11 is 0. The minimum Gasteiger partial charge on any atom is -0.468 e. The fourth-order valence-electron chi connectivity index (χ4n) is 1.71. The van der Waals surface area contributed by atoms with Crippen molar-refractivity contribution in [1.29, 1.82) is 0 Å². The number of methoxy groups -OCH3 is 1. The Kier molecular flexibility index (Phi) is 7.23. The average molecular weight is 337 g/mol. The van der Waals surface area contributed by atoms with Crippen molar-refractivity contribution in [1.82, 2.24) is 5.32 Å². The summed E-state index contributed by atoms with van der Waals surface area (Å²) in [7, 11) is 1.15. The first-order valence-corrected chi connectivity index (χ1v) is 7.46. The molecule has 0 fully saturated rings. The molecule has 0 aliphatic carbocycles. The Labute approximate surface area is 141 Å². The Morgan fingerprint density at radius 3 is 2.21 bits per heavy atom. The molecule has 24 heavy (non-hydrogen) atoms. The lowest BCUT2D eigenvalue weighted by Gasteiger charge is -2.21. The minimum atomic E-state index is -1.33. The molecule has 0 aliphatic heterocycles. The third kappa shape index (κ3) is 7.13. The average Bonchev–Trinajstić information content (AvgIpc) is 2.52. The molecule has 1 rings (SSSR count). The lowest BCUT2D eigenvalue weighted by molar-refractivity contribution is -0.163. The lowest BCUT2D eigenvalue weighted by Crippen LogP contribution is -2.42. The molecule has 1 atom stereocenters. The Morgan fingerprint density at radius 1 is 1.04 bits per heavy atom. The van der Waals surface area contributed by atoms with Crippen LogP contribution in [0.15, 0.2) is 30.3 Å². The molecule has 1 unspecified atom stereocenters. The highest BCUT2D eigenvalue weighted by Crippen LogP contribution is 2.09. The number of hydrogen-bond acceptors (Lipinski definition) is 6. The van der Waals surface area contributed by atoms with Crippen LogP contribution in [0.1, 0.15) is 26.3 Å². The van der Waals surface area contributed by atoms with Gasteiger partial charge in [-0.2, -0.15) is 0 Å². The Morgan fingerprint density at radius 2 is 1.67 bits per heavy atom. The third-order valence-electron chi connectivity index (χ3n) is 2.85. The molecule has 0 radical (unpaired) electrons. The summed E-state index contributed by atoms with van der Waals surface area (Å²) in [6.45, 7) is 4.89. The van der Waals surface area contributed by atoms with Crippen LogP contribution in [0.5, 0.6) is 0 Å². The molecule has 1 N–H and O–H groups in total. The van der Waals surface area contributed by atoms with Gasteiger partial charge in [0.05, 0.1) is 7.11 Å². The molecule has 0 bridgehead atoms. The summed E-state index contributed by atoms with van der Waals surface area (Å²) in [5.41, 5.74) is 0.284. The summed E-state index contributed by atoms with van der Waals surface area (Å²) in [5.74, 6) is -2.96. The molecule has 0 saturated carbocycles. The molecule has 0 heterocycles. The maximum Gasteiger partial charge on any atom is 0.407 e. The predicted molar refractivity (Wildman–Crippen MR) is 86.0 cm³/mol. The van der Waals surface area contributed by atoms with E-state index in [0.717, 1.165) is 12.7 Å². The van der Waals surface area contributed by atoms with Crippen molar-refractivity contribution in [3.8, 4) is 0 Å². The summed E-state index contributed by atoms with van der Waals surface area (Å²) in [4.78, 5) is 35.4. The monoisotopic (exact) mass is 337 g/mol. The zero-order chi connectivity index (χ0) is 18.2. The number of carbonyl (C=O) groups is 3. The van der Waals surface area contributed by atoms with Crippen LogP contribution >= 0.6 is 0 Å². The number of alkyl carbamates (subject to hydrolysis) is 1. The molecule has 7 nitrogen and oxygen atoms in total. The highest BCUT2D eigenvalue weighted by Gasteiger charge is 2.31. The van der Waals surface area contributed by atoms with Gasteiger partial charge in [-0.05, 0) is 26.3 Å². The summed E-state index contributed by atoms with van der Waals surface area (Å²) in [6, 6.07) is 9.02. The van der Waals surface area contributed by atoms with Crippen LogP contribution in [-0.4, -0.2) is 37.3 Å². The Bertz CT molecular complexity index is 564. The van der Waals surface area contributed by atoms with Gasteiger partial charge in [-0.3, -0.25) is 9.59 Å². The molecule has 1 amide bonds. The topological polar surface area (TPSA) is 90.9 Å². The van der Waals surface area contributed by atoms with Crippen molar-refractivity contribution in [2.45, 2.75) is 32.9 Å². The van der Waals surface area contributed by atoms with Gasteiger partial charge in [0, 0.05) is 5.54 Å². The van der Waals surface area contributed by atoms with Gasteiger partial charge < -0.3 is 19.5 Å². The van der Waals surface area contributed by atoms with Crippen LogP contribution in [0.25, 0.3) is 0 Å². The van der Waals surface area contributed by atoms with Gasteiger partial charge >= 0.3 is 18.0 Å². The smallest absolute Gasteiger partial charge is 0.407 e. The highest BCUT2D eigenvalue weighted by atomic mass is 16.6. The number of benzene rings is 1. The molecule has 0 aliphatic rings. The van der Waals surface area contributed by atoms with E-state index in [0.29, 0.717) is 0 Å². The second kappa shape index (κ2) is 8.90. The van der Waals surface area contributed by atoms with Crippen molar-refractivity contribution < 1.29 is 28.6 Å². The summed E-state index contributed by atoms with van der Waals surface area (Å²) < 4.78 is 14.6. The number of nitrogens with one attached hydrogen (secondary N) is 1. The van der Waals surface area contributed by atoms with Crippen molar-refractivity contribution >= 4 is 18.0 Å². The molecule has 7 heteroatoms. The molecular weight excluding hydrogens is 314 g/mol. The van der Waals surface area contributed by atoms with Gasteiger partial charge in [0.2, 0.25) is 0 Å². The van der Waals surface area contributed by atoms with E-state index in [1.165, 1.54) is 0 Å². The quantitative estimate of drug-likeness (QED) is 0.485. The predicted octanol–water partition coefficient (Wildman–Crippen LogP) is 2.04. The maximum absolute atomic E-state index is 12.1. The zero-order valence-electron chi connectivity index (χ0n) is 14.3. The van der Waals surface area contributed by atoms with Crippen molar-refractivity contribution in [2.24, 2.45) is 5.92 Å². The standard InChI is InChI=1S/C17H23NO6/c1-17(2,3)18-16(21)24-11-13(14(19)22-4)15(20)23-10-12-8-6-5-7-9-12/h5-9,13H,10-11H2,1-4H3,(H,18,21). The summed E-state index contributed by atoms with van der Waals surface area (Å²) in [5, 5.41) is 2.56. The van der Waals surface area contributed by atoms with Gasteiger partial charge in [-0.1, -0.05) is 30.3 Å². The van der Waals surface area contributed by atoms with Gasteiger partial charge in [0.25, 0.3) is 0 Å². The number of hydrogen-bond donors (Lipinski definition) is 1.